The molecule has 0 saturated carbocycles. The molecule has 3 aromatic rings. The zero-order valence-electron chi connectivity index (χ0n) is 18.9. The number of nitrogens with zero attached hydrogens (tertiary/aromatic N) is 2. The van der Waals surface area contributed by atoms with Crippen molar-refractivity contribution in [1.82, 2.24) is 4.90 Å². The van der Waals surface area contributed by atoms with Gasteiger partial charge in [0.2, 0.25) is 0 Å². The maximum absolute atomic E-state index is 13.4. The maximum Gasteiger partial charge on any atom is 0.270 e. The van der Waals surface area contributed by atoms with Gasteiger partial charge in [-0.2, -0.15) is 0 Å². The normalized spacial score (nSPS) is 12.6. The van der Waals surface area contributed by atoms with Crippen LogP contribution in [-0.4, -0.2) is 36.5 Å². The molecule has 0 bridgehead atoms. The first-order chi connectivity index (χ1) is 16.4. The SMILES string of the molecule is C=C1c2cc(OCc3ccccc3)c(OC)cc2CCN1C(=O)c1cc([N+](=O)[O-])ccc1OC. The molecular formula is C26H24N2O6. The Hall–Kier alpha value is -4.33. The molecule has 0 N–H and O–H groups in total. The summed E-state index contributed by atoms with van der Waals surface area (Å²) in [6.07, 6.45) is 0.562. The number of hydrogen-bond donors (Lipinski definition) is 0. The molecule has 174 valence electrons. The molecule has 34 heavy (non-hydrogen) atoms. The van der Waals surface area contributed by atoms with E-state index in [-0.39, 0.29) is 17.0 Å². The summed E-state index contributed by atoms with van der Waals surface area (Å²) >= 11 is 0. The standard InChI is InChI=1S/C26H24N2O6/c1-17-21-15-25(34-16-18-7-5-4-6-8-18)24(33-3)13-19(21)11-12-27(17)26(29)22-14-20(28(30)31)9-10-23(22)32-2/h4-10,13-15H,1,11-12,16H2,2-3H3. The molecular weight excluding hydrogens is 436 g/mol. The Morgan fingerprint density at radius 2 is 1.76 bits per heavy atom. The van der Waals surface area contributed by atoms with Crippen LogP contribution in [0.4, 0.5) is 5.69 Å². The molecule has 0 unspecified atom stereocenters. The molecule has 0 fully saturated rings. The first-order valence-corrected chi connectivity index (χ1v) is 10.6. The Morgan fingerprint density at radius 1 is 1.03 bits per heavy atom. The highest BCUT2D eigenvalue weighted by Gasteiger charge is 2.29. The van der Waals surface area contributed by atoms with Gasteiger partial charge >= 0.3 is 0 Å². The monoisotopic (exact) mass is 460 g/mol. The van der Waals surface area contributed by atoms with E-state index in [1.165, 1.54) is 30.2 Å². The van der Waals surface area contributed by atoms with Crippen molar-refractivity contribution in [3.63, 3.8) is 0 Å². The summed E-state index contributed by atoms with van der Waals surface area (Å²) in [4.78, 5) is 25.6. The minimum atomic E-state index is -0.542. The van der Waals surface area contributed by atoms with Gasteiger partial charge in [0.15, 0.2) is 11.5 Å². The summed E-state index contributed by atoms with van der Waals surface area (Å²) in [7, 11) is 3.00. The van der Waals surface area contributed by atoms with Crippen LogP contribution < -0.4 is 14.2 Å². The van der Waals surface area contributed by atoms with Crippen LogP contribution in [-0.2, 0) is 13.0 Å². The van der Waals surface area contributed by atoms with Gasteiger partial charge in [-0.1, -0.05) is 36.9 Å². The van der Waals surface area contributed by atoms with E-state index in [4.69, 9.17) is 14.2 Å². The van der Waals surface area contributed by atoms with Crippen LogP contribution in [0.15, 0.2) is 67.2 Å². The first kappa shape index (κ1) is 22.8. The molecule has 1 heterocycles. The number of amides is 1. The van der Waals surface area contributed by atoms with E-state index in [0.29, 0.717) is 36.8 Å². The number of non-ortho nitro benzene ring substituents is 1. The third kappa shape index (κ3) is 4.43. The lowest BCUT2D eigenvalue weighted by atomic mass is 9.95. The number of methoxy groups -OCH3 is 2. The summed E-state index contributed by atoms with van der Waals surface area (Å²) in [6, 6.07) is 17.4. The Kier molecular flexibility index (Phi) is 6.49. The largest absolute Gasteiger partial charge is 0.496 e. The number of nitro benzene ring substituents is 1. The average molecular weight is 460 g/mol. The molecule has 3 aromatic carbocycles. The topological polar surface area (TPSA) is 91.1 Å². The molecule has 0 atom stereocenters. The molecule has 8 heteroatoms. The van der Waals surface area contributed by atoms with E-state index in [1.807, 2.05) is 42.5 Å². The van der Waals surface area contributed by atoms with E-state index in [2.05, 4.69) is 6.58 Å². The number of nitro groups is 1. The Morgan fingerprint density at radius 3 is 2.44 bits per heavy atom. The first-order valence-electron chi connectivity index (χ1n) is 10.6. The van der Waals surface area contributed by atoms with E-state index < -0.39 is 10.8 Å². The van der Waals surface area contributed by atoms with Gasteiger partial charge in [0.05, 0.1) is 24.7 Å². The quantitative estimate of drug-likeness (QED) is 0.369. The van der Waals surface area contributed by atoms with Gasteiger partial charge in [-0.15, -0.1) is 0 Å². The number of hydrogen-bond acceptors (Lipinski definition) is 6. The molecule has 1 amide bonds. The van der Waals surface area contributed by atoms with Gasteiger partial charge in [-0.25, -0.2) is 0 Å². The minimum absolute atomic E-state index is 0.107. The summed E-state index contributed by atoms with van der Waals surface area (Å²) in [5.41, 5.74) is 3.14. The van der Waals surface area contributed by atoms with Crippen LogP contribution in [0, 0.1) is 10.1 Å². The van der Waals surface area contributed by atoms with Crippen molar-refractivity contribution in [2.45, 2.75) is 13.0 Å². The molecule has 4 rings (SSSR count). The second-order valence-corrected chi connectivity index (χ2v) is 7.73. The number of rotatable bonds is 7. The fraction of sp³-hybridized carbons (Fsp3) is 0.192. The zero-order chi connectivity index (χ0) is 24.2. The number of ether oxygens (including phenoxy) is 3. The van der Waals surface area contributed by atoms with Crippen LogP contribution in [0.1, 0.15) is 27.0 Å². The summed E-state index contributed by atoms with van der Waals surface area (Å²) in [5, 5.41) is 11.2. The highest BCUT2D eigenvalue weighted by molar-refractivity contribution is 6.02. The van der Waals surface area contributed by atoms with E-state index in [1.54, 1.807) is 7.11 Å². The number of fused-ring (bicyclic) bond motifs is 1. The van der Waals surface area contributed by atoms with E-state index in [9.17, 15) is 14.9 Å². The van der Waals surface area contributed by atoms with Gasteiger partial charge < -0.3 is 19.1 Å². The van der Waals surface area contributed by atoms with Crippen molar-refractivity contribution in [3.8, 4) is 17.2 Å². The molecule has 0 radical (unpaired) electrons. The zero-order valence-corrected chi connectivity index (χ0v) is 18.9. The van der Waals surface area contributed by atoms with Gasteiger partial charge in [0.25, 0.3) is 11.6 Å². The fourth-order valence-corrected chi connectivity index (χ4v) is 3.94. The van der Waals surface area contributed by atoms with Crippen LogP contribution >= 0.6 is 0 Å². The molecule has 0 saturated heterocycles. The summed E-state index contributed by atoms with van der Waals surface area (Å²) in [6.45, 7) is 4.87. The number of benzene rings is 3. The lowest BCUT2D eigenvalue weighted by Crippen LogP contribution is -2.35. The predicted octanol–water partition coefficient (Wildman–Crippen LogP) is 4.86. The van der Waals surface area contributed by atoms with Crippen molar-refractivity contribution >= 4 is 17.3 Å². The Balaban J connectivity index is 1.64. The third-order valence-electron chi connectivity index (χ3n) is 5.74. The number of carbonyl (C=O) groups excluding carboxylic acids is 1. The van der Waals surface area contributed by atoms with Crippen LogP contribution in [0.5, 0.6) is 17.2 Å². The second-order valence-electron chi connectivity index (χ2n) is 7.73. The van der Waals surface area contributed by atoms with Gasteiger partial charge in [-0.05, 0) is 35.7 Å². The predicted molar refractivity (Wildman–Crippen MR) is 127 cm³/mol. The van der Waals surface area contributed by atoms with Crippen molar-refractivity contribution in [2.24, 2.45) is 0 Å². The number of carbonyl (C=O) groups is 1. The Labute approximate surface area is 197 Å². The van der Waals surface area contributed by atoms with E-state index in [0.717, 1.165) is 16.7 Å². The smallest absolute Gasteiger partial charge is 0.270 e. The minimum Gasteiger partial charge on any atom is -0.496 e. The highest BCUT2D eigenvalue weighted by atomic mass is 16.6. The Bertz CT molecular complexity index is 1260. The van der Waals surface area contributed by atoms with Crippen LogP contribution in [0.25, 0.3) is 5.70 Å². The maximum atomic E-state index is 13.4. The van der Waals surface area contributed by atoms with Crippen molar-refractivity contribution in [2.75, 3.05) is 20.8 Å². The summed E-state index contributed by atoms with van der Waals surface area (Å²) < 4.78 is 16.8. The van der Waals surface area contributed by atoms with Gasteiger partial charge in [0, 0.05) is 29.9 Å². The van der Waals surface area contributed by atoms with Crippen molar-refractivity contribution in [3.05, 3.63) is 99.6 Å². The van der Waals surface area contributed by atoms with Crippen molar-refractivity contribution < 1.29 is 23.9 Å². The third-order valence-corrected chi connectivity index (χ3v) is 5.74. The lowest BCUT2D eigenvalue weighted by Gasteiger charge is -2.32. The molecule has 0 aromatic heterocycles. The van der Waals surface area contributed by atoms with Crippen LogP contribution in [0.2, 0.25) is 0 Å². The molecule has 0 aliphatic carbocycles. The lowest BCUT2D eigenvalue weighted by molar-refractivity contribution is -0.384. The molecule has 1 aliphatic rings. The van der Waals surface area contributed by atoms with Crippen molar-refractivity contribution in [1.29, 1.82) is 0 Å². The second kappa shape index (κ2) is 9.66. The van der Waals surface area contributed by atoms with Gasteiger partial charge in [-0.3, -0.25) is 14.9 Å². The molecule has 1 aliphatic heterocycles. The van der Waals surface area contributed by atoms with Crippen LogP contribution in [0.3, 0.4) is 0 Å². The van der Waals surface area contributed by atoms with E-state index >= 15 is 0 Å². The molecule has 0 spiro atoms. The van der Waals surface area contributed by atoms with Gasteiger partial charge in [0.1, 0.15) is 12.4 Å². The highest BCUT2D eigenvalue weighted by Crippen LogP contribution is 2.38. The average Bonchev–Trinajstić information content (AvgIpc) is 2.87. The summed E-state index contributed by atoms with van der Waals surface area (Å²) in [5.74, 6) is 0.977. The molecule has 8 nitrogen and oxygen atoms in total. The fourth-order valence-electron chi connectivity index (χ4n) is 3.94.